The molecule has 0 amide bonds. The van der Waals surface area contributed by atoms with E-state index in [1.54, 1.807) is 14.2 Å². The molecule has 0 aliphatic carbocycles. The zero-order chi connectivity index (χ0) is 13.7. The molecular formula is C15H33NO2. The lowest BCUT2D eigenvalue weighted by molar-refractivity contribution is 0.145. The number of methoxy groups -OCH3 is 2. The second-order valence-electron chi connectivity index (χ2n) is 5.22. The first kappa shape index (κ1) is 17.9. The molecule has 0 fully saturated rings. The van der Waals surface area contributed by atoms with Crippen LogP contribution in [0.25, 0.3) is 0 Å². The second-order valence-corrected chi connectivity index (χ2v) is 5.22. The van der Waals surface area contributed by atoms with Crippen LogP contribution >= 0.6 is 0 Å². The summed E-state index contributed by atoms with van der Waals surface area (Å²) in [7, 11) is 3.54. The monoisotopic (exact) mass is 259 g/mol. The van der Waals surface area contributed by atoms with Gasteiger partial charge in [-0.2, -0.15) is 0 Å². The SMILES string of the molecule is CCCCC(CC)(CCCOC)CNCCOC. The van der Waals surface area contributed by atoms with Crippen molar-refractivity contribution in [3.63, 3.8) is 0 Å². The first-order chi connectivity index (χ1) is 8.74. The van der Waals surface area contributed by atoms with Gasteiger partial charge in [0.05, 0.1) is 6.61 Å². The second kappa shape index (κ2) is 11.9. The maximum Gasteiger partial charge on any atom is 0.0587 e. The predicted molar refractivity (Wildman–Crippen MR) is 78.1 cm³/mol. The Labute approximate surface area is 114 Å². The lowest BCUT2D eigenvalue weighted by atomic mass is 9.76. The minimum absolute atomic E-state index is 0.447. The van der Waals surface area contributed by atoms with E-state index >= 15 is 0 Å². The molecule has 0 bridgehead atoms. The van der Waals surface area contributed by atoms with Crippen LogP contribution in [0.4, 0.5) is 0 Å². The number of unbranched alkanes of at least 4 members (excludes halogenated alkanes) is 1. The highest BCUT2D eigenvalue weighted by Gasteiger charge is 2.26. The Morgan fingerprint density at radius 3 is 2.17 bits per heavy atom. The Hall–Kier alpha value is -0.120. The molecule has 0 aromatic rings. The summed E-state index contributed by atoms with van der Waals surface area (Å²) in [5.74, 6) is 0. The molecule has 3 nitrogen and oxygen atoms in total. The highest BCUT2D eigenvalue weighted by atomic mass is 16.5. The molecule has 0 spiro atoms. The first-order valence-electron chi connectivity index (χ1n) is 7.43. The smallest absolute Gasteiger partial charge is 0.0587 e. The zero-order valence-corrected chi connectivity index (χ0v) is 12.9. The Morgan fingerprint density at radius 2 is 1.61 bits per heavy atom. The van der Waals surface area contributed by atoms with E-state index in [4.69, 9.17) is 9.47 Å². The molecule has 1 unspecified atom stereocenters. The molecule has 0 saturated heterocycles. The van der Waals surface area contributed by atoms with Crippen LogP contribution in [0, 0.1) is 5.41 Å². The number of ether oxygens (including phenoxy) is 2. The van der Waals surface area contributed by atoms with Crippen molar-refractivity contribution < 1.29 is 9.47 Å². The van der Waals surface area contributed by atoms with Gasteiger partial charge < -0.3 is 14.8 Å². The van der Waals surface area contributed by atoms with Crippen molar-refractivity contribution in [2.75, 3.05) is 40.5 Å². The fraction of sp³-hybridized carbons (Fsp3) is 1.00. The molecule has 0 saturated carbocycles. The standard InChI is InChI=1S/C15H33NO2/c1-5-7-9-15(6-2,10-8-12-17-3)14-16-11-13-18-4/h16H,5-14H2,1-4H3. The Balaban J connectivity index is 4.15. The summed E-state index contributed by atoms with van der Waals surface area (Å²) in [5.41, 5.74) is 0.447. The molecule has 110 valence electrons. The van der Waals surface area contributed by atoms with Crippen molar-refractivity contribution in [1.82, 2.24) is 5.32 Å². The third-order valence-electron chi connectivity index (χ3n) is 3.85. The maximum atomic E-state index is 5.19. The van der Waals surface area contributed by atoms with Crippen molar-refractivity contribution in [3.8, 4) is 0 Å². The van der Waals surface area contributed by atoms with Crippen LogP contribution in [0.1, 0.15) is 52.4 Å². The molecule has 18 heavy (non-hydrogen) atoms. The van der Waals surface area contributed by atoms with E-state index in [1.807, 2.05) is 0 Å². The largest absolute Gasteiger partial charge is 0.385 e. The van der Waals surface area contributed by atoms with Crippen LogP contribution < -0.4 is 5.32 Å². The molecule has 0 aliphatic rings. The van der Waals surface area contributed by atoms with E-state index in [-0.39, 0.29) is 0 Å². The van der Waals surface area contributed by atoms with Crippen LogP contribution in [0.3, 0.4) is 0 Å². The van der Waals surface area contributed by atoms with Crippen LogP contribution in [0.2, 0.25) is 0 Å². The van der Waals surface area contributed by atoms with Crippen molar-refractivity contribution in [2.24, 2.45) is 5.41 Å². The summed E-state index contributed by atoms with van der Waals surface area (Å²) >= 11 is 0. The number of hydrogen-bond donors (Lipinski definition) is 1. The Morgan fingerprint density at radius 1 is 0.944 bits per heavy atom. The van der Waals surface area contributed by atoms with Gasteiger partial charge in [0, 0.05) is 33.9 Å². The van der Waals surface area contributed by atoms with Gasteiger partial charge in [-0.1, -0.05) is 26.7 Å². The summed E-state index contributed by atoms with van der Waals surface area (Å²) in [6.45, 7) is 8.33. The minimum atomic E-state index is 0.447. The van der Waals surface area contributed by atoms with Gasteiger partial charge in [0.1, 0.15) is 0 Å². The van der Waals surface area contributed by atoms with Gasteiger partial charge in [-0.3, -0.25) is 0 Å². The number of rotatable bonds is 13. The predicted octanol–water partition coefficient (Wildman–Crippen LogP) is 3.24. The first-order valence-corrected chi connectivity index (χ1v) is 7.43. The van der Waals surface area contributed by atoms with E-state index in [2.05, 4.69) is 19.2 Å². The normalized spacial score (nSPS) is 14.7. The van der Waals surface area contributed by atoms with Gasteiger partial charge in [0.25, 0.3) is 0 Å². The zero-order valence-electron chi connectivity index (χ0n) is 12.9. The molecular weight excluding hydrogens is 226 g/mol. The third kappa shape index (κ3) is 8.06. The topological polar surface area (TPSA) is 30.5 Å². The maximum absolute atomic E-state index is 5.19. The molecule has 0 rings (SSSR count). The molecule has 0 heterocycles. The van der Waals surface area contributed by atoms with Gasteiger partial charge in [-0.05, 0) is 31.1 Å². The van der Waals surface area contributed by atoms with Gasteiger partial charge in [-0.25, -0.2) is 0 Å². The van der Waals surface area contributed by atoms with Crippen LogP contribution in [-0.4, -0.2) is 40.5 Å². The Kier molecular flexibility index (Phi) is 11.9. The van der Waals surface area contributed by atoms with E-state index in [0.29, 0.717) is 5.41 Å². The summed E-state index contributed by atoms with van der Waals surface area (Å²) in [6, 6.07) is 0. The molecule has 3 heteroatoms. The summed E-state index contributed by atoms with van der Waals surface area (Å²) < 4.78 is 10.3. The van der Waals surface area contributed by atoms with Gasteiger partial charge in [0.15, 0.2) is 0 Å². The van der Waals surface area contributed by atoms with Gasteiger partial charge in [-0.15, -0.1) is 0 Å². The average Bonchev–Trinajstić information content (AvgIpc) is 2.40. The summed E-state index contributed by atoms with van der Waals surface area (Å²) in [5, 5.41) is 3.55. The molecule has 1 N–H and O–H groups in total. The van der Waals surface area contributed by atoms with Crippen LogP contribution in [0.15, 0.2) is 0 Å². The fourth-order valence-corrected chi connectivity index (χ4v) is 2.45. The summed E-state index contributed by atoms with van der Waals surface area (Å²) in [6.07, 6.45) is 7.61. The third-order valence-corrected chi connectivity index (χ3v) is 3.85. The fourth-order valence-electron chi connectivity index (χ4n) is 2.45. The number of hydrogen-bond acceptors (Lipinski definition) is 3. The highest BCUT2D eigenvalue weighted by molar-refractivity contribution is 4.80. The Bertz CT molecular complexity index is 176. The summed E-state index contributed by atoms with van der Waals surface area (Å²) in [4.78, 5) is 0. The van der Waals surface area contributed by atoms with Crippen LogP contribution in [-0.2, 0) is 9.47 Å². The molecule has 0 aromatic heterocycles. The molecule has 0 aliphatic heterocycles. The lowest BCUT2D eigenvalue weighted by Crippen LogP contribution is -2.35. The van der Waals surface area contributed by atoms with Crippen LogP contribution in [0.5, 0.6) is 0 Å². The van der Waals surface area contributed by atoms with Crippen molar-refractivity contribution in [1.29, 1.82) is 0 Å². The highest BCUT2D eigenvalue weighted by Crippen LogP contribution is 2.33. The quantitative estimate of drug-likeness (QED) is 0.515. The average molecular weight is 259 g/mol. The van der Waals surface area contributed by atoms with Gasteiger partial charge >= 0.3 is 0 Å². The van der Waals surface area contributed by atoms with Crippen molar-refractivity contribution >= 4 is 0 Å². The van der Waals surface area contributed by atoms with Gasteiger partial charge in [0.2, 0.25) is 0 Å². The molecule has 0 aromatic carbocycles. The molecule has 0 radical (unpaired) electrons. The van der Waals surface area contributed by atoms with E-state index < -0.39 is 0 Å². The van der Waals surface area contributed by atoms with E-state index in [9.17, 15) is 0 Å². The van der Waals surface area contributed by atoms with Crippen molar-refractivity contribution in [2.45, 2.75) is 52.4 Å². The van der Waals surface area contributed by atoms with E-state index in [1.165, 1.54) is 38.5 Å². The number of nitrogens with one attached hydrogen (secondary N) is 1. The lowest BCUT2D eigenvalue weighted by Gasteiger charge is -2.33. The van der Waals surface area contributed by atoms with E-state index in [0.717, 1.165) is 26.3 Å². The minimum Gasteiger partial charge on any atom is -0.385 e. The molecule has 1 atom stereocenters. The van der Waals surface area contributed by atoms with Crippen molar-refractivity contribution in [3.05, 3.63) is 0 Å².